The number of aromatic nitrogens is 3. The second-order valence-corrected chi connectivity index (χ2v) is 2.46. The summed E-state index contributed by atoms with van der Waals surface area (Å²) in [6.07, 6.45) is 0. The average Bonchev–Trinajstić information content (AvgIpc) is 2.34. The van der Waals surface area contributed by atoms with Gasteiger partial charge in [-0.3, -0.25) is 0 Å². The minimum Gasteiger partial charge on any atom is -0.246 e. The first-order chi connectivity index (χ1) is 5.29. The van der Waals surface area contributed by atoms with E-state index in [0.29, 0.717) is 10.8 Å². The van der Waals surface area contributed by atoms with Crippen LogP contribution in [0.5, 0.6) is 0 Å². The van der Waals surface area contributed by atoms with Gasteiger partial charge in [-0.05, 0) is 12.1 Å². The van der Waals surface area contributed by atoms with Crippen molar-refractivity contribution < 1.29 is 0 Å². The second-order valence-electron chi connectivity index (χ2n) is 2.07. The topological polar surface area (TPSA) is 50.2 Å². The minimum absolute atomic E-state index is 0.314. The Morgan fingerprint density at radius 1 is 1.55 bits per heavy atom. The van der Waals surface area contributed by atoms with Crippen molar-refractivity contribution in [3.63, 3.8) is 0 Å². The molecule has 2 rings (SSSR count). The van der Waals surface area contributed by atoms with Crippen LogP contribution in [0.15, 0.2) is 23.0 Å². The van der Waals surface area contributed by atoms with Gasteiger partial charge in [0.15, 0.2) is 5.65 Å². The van der Waals surface area contributed by atoms with Gasteiger partial charge in [-0.2, -0.15) is 5.10 Å². The van der Waals surface area contributed by atoms with E-state index in [0.717, 1.165) is 0 Å². The van der Waals surface area contributed by atoms with Crippen LogP contribution in [0.1, 0.15) is 0 Å². The van der Waals surface area contributed by atoms with E-state index in [2.05, 4.69) is 10.2 Å². The second kappa shape index (κ2) is 2.10. The van der Waals surface area contributed by atoms with Crippen molar-refractivity contribution in [3.8, 4) is 0 Å². The zero-order valence-corrected chi connectivity index (χ0v) is 6.17. The lowest BCUT2D eigenvalue weighted by atomic mass is 10.5. The number of halogens is 1. The summed E-state index contributed by atoms with van der Waals surface area (Å²) in [6, 6.07) is 5.06. The van der Waals surface area contributed by atoms with Crippen LogP contribution in [0.25, 0.3) is 5.65 Å². The standard InChI is InChI=1S/C6H4ClN3O/c7-4-2-1-3-5-8-9-6(11)10(4)5/h1-3H,(H,9,11). The van der Waals surface area contributed by atoms with Gasteiger partial charge >= 0.3 is 5.69 Å². The molecule has 2 heterocycles. The Morgan fingerprint density at radius 2 is 2.36 bits per heavy atom. The molecule has 4 nitrogen and oxygen atoms in total. The summed E-state index contributed by atoms with van der Waals surface area (Å²) < 4.78 is 1.29. The fourth-order valence-corrected chi connectivity index (χ4v) is 1.15. The van der Waals surface area contributed by atoms with Crippen LogP contribution in [0.4, 0.5) is 0 Å². The molecule has 0 atom stereocenters. The van der Waals surface area contributed by atoms with E-state index in [9.17, 15) is 4.79 Å². The zero-order chi connectivity index (χ0) is 7.84. The third-order valence-corrected chi connectivity index (χ3v) is 1.69. The highest BCUT2D eigenvalue weighted by atomic mass is 35.5. The Bertz CT molecular complexity index is 444. The molecule has 2 aromatic heterocycles. The normalized spacial score (nSPS) is 10.6. The van der Waals surface area contributed by atoms with Crippen molar-refractivity contribution in [1.82, 2.24) is 14.6 Å². The van der Waals surface area contributed by atoms with Gasteiger partial charge in [-0.25, -0.2) is 14.3 Å². The highest BCUT2D eigenvalue weighted by Gasteiger charge is 2.00. The predicted molar refractivity (Wildman–Crippen MR) is 40.8 cm³/mol. The Morgan fingerprint density at radius 3 is 3.09 bits per heavy atom. The third-order valence-electron chi connectivity index (χ3n) is 1.39. The highest BCUT2D eigenvalue weighted by molar-refractivity contribution is 6.29. The number of H-pyrrole nitrogens is 1. The number of nitrogens with zero attached hydrogens (tertiary/aromatic N) is 2. The molecule has 0 amide bonds. The van der Waals surface area contributed by atoms with Gasteiger partial charge in [0.2, 0.25) is 0 Å². The molecule has 0 saturated heterocycles. The van der Waals surface area contributed by atoms with Gasteiger partial charge in [-0.1, -0.05) is 17.7 Å². The molecule has 5 heteroatoms. The number of pyridine rings is 1. The molecule has 1 N–H and O–H groups in total. The number of rotatable bonds is 0. The number of fused-ring (bicyclic) bond motifs is 1. The smallest absolute Gasteiger partial charge is 0.246 e. The van der Waals surface area contributed by atoms with Gasteiger partial charge in [0.05, 0.1) is 0 Å². The molecule has 2 aromatic rings. The Labute approximate surface area is 66.4 Å². The largest absolute Gasteiger partial charge is 0.348 e. The maximum Gasteiger partial charge on any atom is 0.348 e. The molecular formula is C6H4ClN3O. The van der Waals surface area contributed by atoms with Gasteiger partial charge in [0, 0.05) is 0 Å². The van der Waals surface area contributed by atoms with Crippen LogP contribution >= 0.6 is 11.6 Å². The average molecular weight is 170 g/mol. The number of aromatic amines is 1. The fourth-order valence-electron chi connectivity index (χ4n) is 0.915. The highest BCUT2D eigenvalue weighted by Crippen LogP contribution is 2.06. The SMILES string of the molecule is O=c1[nH]nc2cccc(Cl)n12. The Kier molecular flexibility index (Phi) is 1.22. The maximum absolute atomic E-state index is 11.0. The maximum atomic E-state index is 11.0. The van der Waals surface area contributed by atoms with Crippen molar-refractivity contribution in [3.05, 3.63) is 33.8 Å². The molecular weight excluding hydrogens is 166 g/mol. The number of hydrogen-bond donors (Lipinski definition) is 1. The van der Waals surface area contributed by atoms with Crippen LogP contribution in [-0.2, 0) is 0 Å². The Balaban J connectivity index is 3.08. The molecule has 11 heavy (non-hydrogen) atoms. The molecule has 0 fully saturated rings. The van der Waals surface area contributed by atoms with Crippen LogP contribution in [-0.4, -0.2) is 14.6 Å². The third kappa shape index (κ3) is 0.832. The summed E-state index contributed by atoms with van der Waals surface area (Å²) in [6.45, 7) is 0. The van der Waals surface area contributed by atoms with E-state index in [1.165, 1.54) is 4.40 Å². The van der Waals surface area contributed by atoms with Crippen LogP contribution in [0.3, 0.4) is 0 Å². The van der Waals surface area contributed by atoms with E-state index in [1.807, 2.05) is 0 Å². The summed E-state index contributed by atoms with van der Waals surface area (Å²) in [5.41, 5.74) is 0.216. The lowest BCUT2D eigenvalue weighted by molar-refractivity contribution is 1.02. The molecule has 0 aromatic carbocycles. The van der Waals surface area contributed by atoms with E-state index in [4.69, 9.17) is 11.6 Å². The molecule has 0 saturated carbocycles. The van der Waals surface area contributed by atoms with Gasteiger partial charge in [0.25, 0.3) is 0 Å². The molecule has 0 aliphatic heterocycles. The van der Waals surface area contributed by atoms with E-state index in [1.54, 1.807) is 18.2 Å². The quantitative estimate of drug-likeness (QED) is 0.590. The molecule has 0 aliphatic carbocycles. The van der Waals surface area contributed by atoms with E-state index in [-0.39, 0.29) is 5.69 Å². The molecule has 0 unspecified atom stereocenters. The first kappa shape index (κ1) is 6.42. The molecule has 0 bridgehead atoms. The van der Waals surface area contributed by atoms with Crippen molar-refractivity contribution in [1.29, 1.82) is 0 Å². The van der Waals surface area contributed by atoms with Crippen LogP contribution in [0, 0.1) is 0 Å². The van der Waals surface area contributed by atoms with Crippen molar-refractivity contribution in [2.45, 2.75) is 0 Å². The summed E-state index contributed by atoms with van der Waals surface area (Å²) in [5, 5.41) is 6.37. The summed E-state index contributed by atoms with van der Waals surface area (Å²) in [5.74, 6) is 0. The van der Waals surface area contributed by atoms with Gasteiger partial charge in [0.1, 0.15) is 5.15 Å². The first-order valence-electron chi connectivity index (χ1n) is 3.01. The molecule has 0 aliphatic rings. The van der Waals surface area contributed by atoms with Crippen molar-refractivity contribution >= 4 is 17.2 Å². The number of nitrogens with one attached hydrogen (secondary N) is 1. The summed E-state index contributed by atoms with van der Waals surface area (Å²) in [7, 11) is 0. The molecule has 0 radical (unpaired) electrons. The molecule has 56 valence electrons. The van der Waals surface area contributed by atoms with E-state index < -0.39 is 0 Å². The van der Waals surface area contributed by atoms with E-state index >= 15 is 0 Å². The molecule has 0 spiro atoms. The van der Waals surface area contributed by atoms with Crippen LogP contribution < -0.4 is 5.69 Å². The minimum atomic E-state index is -0.314. The lowest BCUT2D eigenvalue weighted by Crippen LogP contribution is -2.09. The Hall–Kier alpha value is -1.29. The summed E-state index contributed by atoms with van der Waals surface area (Å²) >= 11 is 5.71. The van der Waals surface area contributed by atoms with Crippen LogP contribution in [0.2, 0.25) is 5.15 Å². The number of hydrogen-bond acceptors (Lipinski definition) is 2. The zero-order valence-electron chi connectivity index (χ0n) is 5.41. The van der Waals surface area contributed by atoms with Gasteiger partial charge in [-0.15, -0.1) is 0 Å². The first-order valence-corrected chi connectivity index (χ1v) is 3.38. The summed E-state index contributed by atoms with van der Waals surface area (Å²) in [4.78, 5) is 11.0. The van der Waals surface area contributed by atoms with Crippen molar-refractivity contribution in [2.75, 3.05) is 0 Å². The van der Waals surface area contributed by atoms with Crippen molar-refractivity contribution in [2.24, 2.45) is 0 Å². The lowest BCUT2D eigenvalue weighted by Gasteiger charge is -1.90. The monoisotopic (exact) mass is 169 g/mol. The fraction of sp³-hybridized carbons (Fsp3) is 0. The van der Waals surface area contributed by atoms with Gasteiger partial charge < -0.3 is 0 Å². The predicted octanol–water partition coefficient (Wildman–Crippen LogP) is 0.676.